The van der Waals surface area contributed by atoms with Gasteiger partial charge in [-0.05, 0) is 32.9 Å². The van der Waals surface area contributed by atoms with Crippen LogP contribution in [0.3, 0.4) is 0 Å². The van der Waals surface area contributed by atoms with Crippen LogP contribution in [0.15, 0.2) is 29.5 Å². The van der Waals surface area contributed by atoms with Crippen LogP contribution in [-0.2, 0) is 9.53 Å². The maximum atomic E-state index is 11.9. The summed E-state index contributed by atoms with van der Waals surface area (Å²) < 4.78 is 5.34. The van der Waals surface area contributed by atoms with Gasteiger partial charge in [-0.15, -0.1) is 24.0 Å². The first-order valence-electron chi connectivity index (χ1n) is 7.24. The van der Waals surface area contributed by atoms with Gasteiger partial charge in [0, 0.05) is 26.4 Å². The molecule has 1 rings (SSSR count). The van der Waals surface area contributed by atoms with Crippen LogP contribution < -0.4 is 16.0 Å². The normalized spacial score (nSPS) is 11.4. The molecule has 0 radical (unpaired) electrons. The standard InChI is InChI=1S/C15H25N5O2.HI/c1-5-17-14(19-11-15(2,3)22-4)18-10-13(21)20-12-7-6-8-16-9-12;/h6-9H,5,10-11H2,1-4H3,(H,20,21)(H2,17,18,19);1H. The maximum Gasteiger partial charge on any atom is 0.246 e. The SMILES string of the molecule is CCNC(=NCC(=O)Nc1cccnc1)NCC(C)(C)OC.I. The Hall–Kier alpha value is -1.42. The second-order valence-corrected chi connectivity index (χ2v) is 5.30. The second-order valence-electron chi connectivity index (χ2n) is 5.30. The molecule has 0 spiro atoms. The highest BCUT2D eigenvalue weighted by atomic mass is 127. The average Bonchev–Trinajstić information content (AvgIpc) is 2.51. The van der Waals surface area contributed by atoms with Crippen LogP contribution in [0.25, 0.3) is 0 Å². The number of carbonyl (C=O) groups is 1. The van der Waals surface area contributed by atoms with E-state index in [1.54, 1.807) is 31.6 Å². The van der Waals surface area contributed by atoms with Gasteiger partial charge < -0.3 is 20.7 Å². The second kappa shape index (κ2) is 11.2. The van der Waals surface area contributed by atoms with E-state index in [0.717, 1.165) is 0 Å². The van der Waals surface area contributed by atoms with Crippen LogP contribution in [0.4, 0.5) is 5.69 Å². The molecule has 0 atom stereocenters. The van der Waals surface area contributed by atoms with Crippen molar-refractivity contribution in [2.45, 2.75) is 26.4 Å². The predicted octanol–water partition coefficient (Wildman–Crippen LogP) is 1.62. The van der Waals surface area contributed by atoms with E-state index in [4.69, 9.17) is 4.74 Å². The highest BCUT2D eigenvalue weighted by molar-refractivity contribution is 14.0. The molecular formula is C15H26IN5O2. The first kappa shape index (κ1) is 21.6. The molecule has 0 aliphatic heterocycles. The van der Waals surface area contributed by atoms with Crippen molar-refractivity contribution < 1.29 is 9.53 Å². The van der Waals surface area contributed by atoms with Crippen molar-refractivity contribution in [1.82, 2.24) is 15.6 Å². The summed E-state index contributed by atoms with van der Waals surface area (Å²) in [6, 6.07) is 3.54. The number of anilines is 1. The van der Waals surface area contributed by atoms with Gasteiger partial charge in [0.05, 0.1) is 17.5 Å². The van der Waals surface area contributed by atoms with E-state index < -0.39 is 0 Å². The van der Waals surface area contributed by atoms with Crippen molar-refractivity contribution in [2.24, 2.45) is 4.99 Å². The summed E-state index contributed by atoms with van der Waals surface area (Å²) >= 11 is 0. The van der Waals surface area contributed by atoms with Gasteiger partial charge in [-0.25, -0.2) is 4.99 Å². The molecule has 0 saturated carbocycles. The summed E-state index contributed by atoms with van der Waals surface area (Å²) in [7, 11) is 1.66. The van der Waals surface area contributed by atoms with Crippen LogP contribution in [0.5, 0.6) is 0 Å². The summed E-state index contributed by atoms with van der Waals surface area (Å²) in [5, 5.41) is 8.98. The third kappa shape index (κ3) is 9.34. The molecule has 3 N–H and O–H groups in total. The first-order chi connectivity index (χ1) is 10.5. The fourth-order valence-electron chi connectivity index (χ4n) is 1.50. The van der Waals surface area contributed by atoms with E-state index >= 15 is 0 Å². The van der Waals surface area contributed by atoms with Crippen molar-refractivity contribution in [3.05, 3.63) is 24.5 Å². The Labute approximate surface area is 154 Å². The van der Waals surface area contributed by atoms with Gasteiger partial charge in [0.2, 0.25) is 5.91 Å². The number of rotatable bonds is 7. The van der Waals surface area contributed by atoms with E-state index in [-0.39, 0.29) is 42.0 Å². The van der Waals surface area contributed by atoms with Gasteiger partial charge in [0.25, 0.3) is 0 Å². The van der Waals surface area contributed by atoms with Crippen molar-refractivity contribution in [3.63, 3.8) is 0 Å². The zero-order valence-electron chi connectivity index (χ0n) is 14.0. The Kier molecular flexibility index (Phi) is 10.5. The Balaban J connectivity index is 0.00000484. The minimum absolute atomic E-state index is 0. The van der Waals surface area contributed by atoms with Crippen LogP contribution in [-0.4, -0.2) is 49.2 Å². The van der Waals surface area contributed by atoms with Gasteiger partial charge >= 0.3 is 0 Å². The maximum absolute atomic E-state index is 11.9. The Morgan fingerprint density at radius 1 is 1.39 bits per heavy atom. The number of hydrogen-bond acceptors (Lipinski definition) is 4. The van der Waals surface area contributed by atoms with E-state index in [0.29, 0.717) is 24.7 Å². The first-order valence-corrected chi connectivity index (χ1v) is 7.24. The molecule has 0 aliphatic carbocycles. The molecule has 0 saturated heterocycles. The molecule has 130 valence electrons. The molecule has 0 fully saturated rings. The predicted molar refractivity (Wildman–Crippen MR) is 103 cm³/mol. The monoisotopic (exact) mass is 435 g/mol. The van der Waals surface area contributed by atoms with E-state index in [1.165, 1.54) is 0 Å². The fraction of sp³-hybridized carbons (Fsp3) is 0.533. The minimum atomic E-state index is -0.311. The number of carbonyl (C=O) groups excluding carboxylic acids is 1. The Morgan fingerprint density at radius 3 is 2.70 bits per heavy atom. The van der Waals surface area contributed by atoms with E-state index in [1.807, 2.05) is 20.8 Å². The van der Waals surface area contributed by atoms with Gasteiger partial charge in [0.15, 0.2) is 5.96 Å². The van der Waals surface area contributed by atoms with Gasteiger partial charge in [-0.2, -0.15) is 0 Å². The smallest absolute Gasteiger partial charge is 0.246 e. The number of aliphatic imine (C=N–C) groups is 1. The molecule has 0 aliphatic rings. The number of nitrogens with one attached hydrogen (secondary N) is 3. The minimum Gasteiger partial charge on any atom is -0.377 e. The average molecular weight is 435 g/mol. The number of nitrogens with zero attached hydrogens (tertiary/aromatic N) is 2. The zero-order chi connectivity index (χ0) is 16.4. The third-order valence-corrected chi connectivity index (χ3v) is 2.90. The fourth-order valence-corrected chi connectivity index (χ4v) is 1.50. The van der Waals surface area contributed by atoms with Crippen molar-refractivity contribution in [1.29, 1.82) is 0 Å². The van der Waals surface area contributed by atoms with Gasteiger partial charge in [-0.1, -0.05) is 0 Å². The molecule has 1 amide bonds. The van der Waals surface area contributed by atoms with Crippen LogP contribution in [0.1, 0.15) is 20.8 Å². The number of methoxy groups -OCH3 is 1. The lowest BCUT2D eigenvalue weighted by atomic mass is 10.1. The summed E-state index contributed by atoms with van der Waals surface area (Å²) in [6.07, 6.45) is 3.24. The molecule has 0 bridgehead atoms. The highest BCUT2D eigenvalue weighted by Gasteiger charge is 2.16. The van der Waals surface area contributed by atoms with Gasteiger partial charge in [0.1, 0.15) is 6.54 Å². The van der Waals surface area contributed by atoms with E-state index in [9.17, 15) is 4.79 Å². The number of ether oxygens (including phenoxy) is 1. The topological polar surface area (TPSA) is 87.6 Å². The zero-order valence-corrected chi connectivity index (χ0v) is 16.4. The van der Waals surface area contributed by atoms with Crippen molar-refractivity contribution >= 4 is 41.5 Å². The van der Waals surface area contributed by atoms with Crippen LogP contribution in [0, 0.1) is 0 Å². The largest absolute Gasteiger partial charge is 0.377 e. The summed E-state index contributed by atoms with van der Waals surface area (Å²) in [5.41, 5.74) is 0.343. The third-order valence-electron chi connectivity index (χ3n) is 2.90. The molecule has 1 aromatic rings. The molecule has 0 aromatic carbocycles. The van der Waals surface area contributed by atoms with E-state index in [2.05, 4.69) is 25.9 Å². The van der Waals surface area contributed by atoms with Gasteiger partial charge in [-0.3, -0.25) is 9.78 Å². The number of halogens is 1. The quantitative estimate of drug-likeness (QED) is 0.344. The van der Waals surface area contributed by atoms with Crippen LogP contribution >= 0.6 is 24.0 Å². The molecular weight excluding hydrogens is 409 g/mol. The number of guanidine groups is 1. The summed E-state index contributed by atoms with van der Waals surface area (Å²) in [6.45, 7) is 7.23. The molecule has 1 aromatic heterocycles. The molecule has 8 heteroatoms. The molecule has 7 nitrogen and oxygen atoms in total. The lowest BCUT2D eigenvalue weighted by Gasteiger charge is -2.24. The number of pyridine rings is 1. The van der Waals surface area contributed by atoms with Crippen molar-refractivity contribution in [2.75, 3.05) is 32.1 Å². The lowest BCUT2D eigenvalue weighted by molar-refractivity contribution is -0.114. The van der Waals surface area contributed by atoms with Crippen molar-refractivity contribution in [3.8, 4) is 0 Å². The summed E-state index contributed by atoms with van der Waals surface area (Å²) in [4.78, 5) is 20.0. The summed E-state index contributed by atoms with van der Waals surface area (Å²) in [5.74, 6) is 0.380. The number of aromatic nitrogens is 1. The lowest BCUT2D eigenvalue weighted by Crippen LogP contribution is -2.45. The number of hydrogen-bond donors (Lipinski definition) is 3. The Morgan fingerprint density at radius 2 is 2.13 bits per heavy atom. The van der Waals surface area contributed by atoms with Crippen LogP contribution in [0.2, 0.25) is 0 Å². The Bertz CT molecular complexity index is 494. The highest BCUT2D eigenvalue weighted by Crippen LogP contribution is 2.04. The molecule has 1 heterocycles. The molecule has 23 heavy (non-hydrogen) atoms. The number of amides is 1. The molecule has 0 unspecified atom stereocenters.